The molecule has 1 heterocycles. The summed E-state index contributed by atoms with van der Waals surface area (Å²) in [5.74, 6) is 1.39. The highest BCUT2D eigenvalue weighted by Gasteiger charge is 2.21. The predicted octanol–water partition coefficient (Wildman–Crippen LogP) is 1.65. The third kappa shape index (κ3) is 2.59. The van der Waals surface area contributed by atoms with Gasteiger partial charge in [-0.1, -0.05) is 20.3 Å². The molecule has 69 valence electrons. The Morgan fingerprint density at radius 1 is 1.50 bits per heavy atom. The lowest BCUT2D eigenvalue weighted by molar-refractivity contribution is -0.113. The Balaban J connectivity index is 2.41. The van der Waals surface area contributed by atoms with Gasteiger partial charge in [0, 0.05) is 6.54 Å². The van der Waals surface area contributed by atoms with Crippen LogP contribution in [0.1, 0.15) is 33.1 Å². The molecular formula is C10H18NO. The van der Waals surface area contributed by atoms with E-state index in [1.807, 2.05) is 0 Å². The number of carbonyl (C=O) groups is 1. The molecule has 1 saturated heterocycles. The maximum absolute atomic E-state index is 10.7. The Labute approximate surface area is 74.9 Å². The first-order chi connectivity index (χ1) is 5.74. The van der Waals surface area contributed by atoms with Gasteiger partial charge in [-0.2, -0.15) is 0 Å². The van der Waals surface area contributed by atoms with E-state index < -0.39 is 0 Å². The molecule has 0 amide bonds. The second kappa shape index (κ2) is 4.61. The van der Waals surface area contributed by atoms with E-state index in [0.29, 0.717) is 0 Å². The van der Waals surface area contributed by atoms with Crippen LogP contribution in [0.5, 0.6) is 0 Å². The summed E-state index contributed by atoms with van der Waals surface area (Å²) >= 11 is 0. The van der Waals surface area contributed by atoms with Crippen LogP contribution in [0.4, 0.5) is 0 Å². The lowest BCUT2D eigenvalue weighted by atomic mass is 10.0. The monoisotopic (exact) mass is 168 g/mol. The van der Waals surface area contributed by atoms with Crippen molar-refractivity contribution in [2.75, 3.05) is 13.1 Å². The molecule has 2 heteroatoms. The second-order valence-electron chi connectivity index (χ2n) is 3.88. The minimum absolute atomic E-state index is 0.189. The molecule has 0 spiro atoms. The summed E-state index contributed by atoms with van der Waals surface area (Å²) in [4.78, 5) is 13.0. The van der Waals surface area contributed by atoms with Crippen LogP contribution in [-0.4, -0.2) is 30.3 Å². The molecule has 0 bridgehead atoms. The average Bonchev–Trinajstić information content (AvgIpc) is 2.04. The van der Waals surface area contributed by atoms with Gasteiger partial charge in [-0.15, -0.1) is 0 Å². The standard InChI is InChI=1S/C10H18NO/c1-9(2)7-11-6-4-3-5-10(11)8-12/h8,10H,3-7H2,1-2H3. The van der Waals surface area contributed by atoms with Crippen molar-refractivity contribution in [3.05, 3.63) is 5.92 Å². The molecule has 0 aromatic carbocycles. The Morgan fingerprint density at radius 3 is 2.83 bits per heavy atom. The summed E-state index contributed by atoms with van der Waals surface area (Å²) in [5, 5.41) is 0. The molecule has 0 aliphatic carbocycles. The fourth-order valence-corrected chi connectivity index (χ4v) is 1.77. The van der Waals surface area contributed by atoms with Crippen molar-refractivity contribution in [3.63, 3.8) is 0 Å². The van der Waals surface area contributed by atoms with Crippen molar-refractivity contribution in [3.8, 4) is 0 Å². The van der Waals surface area contributed by atoms with Crippen LogP contribution in [0.3, 0.4) is 0 Å². The Morgan fingerprint density at radius 2 is 2.25 bits per heavy atom. The molecule has 0 aromatic rings. The van der Waals surface area contributed by atoms with Crippen LogP contribution < -0.4 is 0 Å². The Bertz CT molecular complexity index is 145. The number of aldehydes is 1. The third-order valence-corrected chi connectivity index (χ3v) is 2.34. The highest BCUT2D eigenvalue weighted by molar-refractivity contribution is 5.57. The Kier molecular flexibility index (Phi) is 3.73. The van der Waals surface area contributed by atoms with Gasteiger partial charge in [-0.05, 0) is 25.3 Å². The van der Waals surface area contributed by atoms with Gasteiger partial charge in [0.1, 0.15) is 6.29 Å². The second-order valence-corrected chi connectivity index (χ2v) is 3.88. The van der Waals surface area contributed by atoms with E-state index in [-0.39, 0.29) is 6.04 Å². The molecule has 0 aromatic heterocycles. The molecular weight excluding hydrogens is 150 g/mol. The number of hydrogen-bond acceptors (Lipinski definition) is 2. The zero-order valence-electron chi connectivity index (χ0n) is 8.05. The molecule has 12 heavy (non-hydrogen) atoms. The molecule has 1 unspecified atom stereocenters. The van der Waals surface area contributed by atoms with Crippen LogP contribution in [0.25, 0.3) is 0 Å². The van der Waals surface area contributed by atoms with E-state index in [4.69, 9.17) is 0 Å². The summed E-state index contributed by atoms with van der Waals surface area (Å²) in [6.45, 7) is 6.32. The van der Waals surface area contributed by atoms with Crippen LogP contribution in [0, 0.1) is 5.92 Å². The van der Waals surface area contributed by atoms with Crippen molar-refractivity contribution >= 4 is 6.29 Å². The van der Waals surface area contributed by atoms with Crippen molar-refractivity contribution in [1.29, 1.82) is 0 Å². The van der Waals surface area contributed by atoms with E-state index in [2.05, 4.69) is 18.7 Å². The molecule has 1 fully saturated rings. The molecule has 1 aliphatic heterocycles. The number of likely N-dealkylation sites (tertiary alicyclic amines) is 1. The maximum Gasteiger partial charge on any atom is 0.137 e. The minimum atomic E-state index is 0.189. The molecule has 1 rings (SSSR count). The fraction of sp³-hybridized carbons (Fsp3) is 0.800. The van der Waals surface area contributed by atoms with Gasteiger partial charge < -0.3 is 4.79 Å². The molecule has 1 aliphatic rings. The van der Waals surface area contributed by atoms with Gasteiger partial charge in [0.2, 0.25) is 0 Å². The molecule has 0 N–H and O–H groups in total. The summed E-state index contributed by atoms with van der Waals surface area (Å²) < 4.78 is 0. The zero-order valence-corrected chi connectivity index (χ0v) is 8.05. The number of rotatable bonds is 3. The quantitative estimate of drug-likeness (QED) is 0.597. The molecule has 1 atom stereocenters. The van der Waals surface area contributed by atoms with E-state index in [1.54, 1.807) is 0 Å². The van der Waals surface area contributed by atoms with Gasteiger partial charge in [0.05, 0.1) is 6.04 Å². The van der Waals surface area contributed by atoms with Crippen LogP contribution >= 0.6 is 0 Å². The van der Waals surface area contributed by atoms with Crippen molar-refractivity contribution in [1.82, 2.24) is 4.90 Å². The van der Waals surface area contributed by atoms with Gasteiger partial charge in [0.15, 0.2) is 0 Å². The minimum Gasteiger partial charge on any atom is -0.302 e. The number of nitrogens with zero attached hydrogens (tertiary/aromatic N) is 1. The number of hydrogen-bond donors (Lipinski definition) is 0. The summed E-state index contributed by atoms with van der Waals surface area (Å²) in [7, 11) is 0. The van der Waals surface area contributed by atoms with Crippen molar-refractivity contribution in [2.24, 2.45) is 0 Å². The van der Waals surface area contributed by atoms with Crippen molar-refractivity contribution < 1.29 is 4.79 Å². The van der Waals surface area contributed by atoms with Crippen LogP contribution in [0.15, 0.2) is 0 Å². The highest BCUT2D eigenvalue weighted by Crippen LogP contribution is 2.16. The van der Waals surface area contributed by atoms with E-state index >= 15 is 0 Å². The highest BCUT2D eigenvalue weighted by atomic mass is 16.1. The largest absolute Gasteiger partial charge is 0.302 e. The van der Waals surface area contributed by atoms with Gasteiger partial charge in [-0.25, -0.2) is 0 Å². The summed E-state index contributed by atoms with van der Waals surface area (Å²) in [6, 6.07) is 0.189. The van der Waals surface area contributed by atoms with E-state index in [9.17, 15) is 4.79 Å². The summed E-state index contributed by atoms with van der Waals surface area (Å²) in [6.07, 6.45) is 4.61. The summed E-state index contributed by atoms with van der Waals surface area (Å²) in [5.41, 5.74) is 0. The van der Waals surface area contributed by atoms with Gasteiger partial charge in [0.25, 0.3) is 0 Å². The first-order valence-electron chi connectivity index (χ1n) is 4.72. The van der Waals surface area contributed by atoms with E-state index in [1.165, 1.54) is 18.8 Å². The average molecular weight is 168 g/mol. The normalized spacial score (nSPS) is 26.1. The molecule has 1 radical (unpaired) electrons. The van der Waals surface area contributed by atoms with E-state index in [0.717, 1.165) is 25.8 Å². The SMILES string of the molecule is C[C](C)CN1CCCCC1C=O. The van der Waals surface area contributed by atoms with Crippen LogP contribution in [0.2, 0.25) is 0 Å². The first kappa shape index (κ1) is 9.72. The first-order valence-corrected chi connectivity index (χ1v) is 4.72. The van der Waals surface area contributed by atoms with Crippen molar-refractivity contribution in [2.45, 2.75) is 39.2 Å². The third-order valence-electron chi connectivity index (χ3n) is 2.34. The number of carbonyl (C=O) groups excluding carboxylic acids is 1. The van der Waals surface area contributed by atoms with Crippen LogP contribution in [-0.2, 0) is 4.79 Å². The molecule has 0 saturated carbocycles. The predicted molar refractivity (Wildman–Crippen MR) is 49.9 cm³/mol. The maximum atomic E-state index is 10.7. The zero-order chi connectivity index (χ0) is 8.97. The van der Waals surface area contributed by atoms with Gasteiger partial charge >= 0.3 is 0 Å². The lowest BCUT2D eigenvalue weighted by Crippen LogP contribution is -2.42. The topological polar surface area (TPSA) is 20.3 Å². The smallest absolute Gasteiger partial charge is 0.137 e. The fourth-order valence-electron chi connectivity index (χ4n) is 1.77. The lowest BCUT2D eigenvalue weighted by Gasteiger charge is -2.33. The Hall–Kier alpha value is -0.370. The molecule has 2 nitrogen and oxygen atoms in total. The number of piperidine rings is 1. The van der Waals surface area contributed by atoms with Gasteiger partial charge in [-0.3, -0.25) is 4.90 Å².